The molecule has 2 N–H and O–H groups in total. The van der Waals surface area contributed by atoms with Crippen molar-refractivity contribution in [2.45, 2.75) is 25.4 Å². The zero-order chi connectivity index (χ0) is 18.1. The van der Waals surface area contributed by atoms with Gasteiger partial charge in [-0.05, 0) is 31.4 Å². The molecule has 2 amide bonds. The molecule has 1 fully saturated rings. The number of rotatable bonds is 9. The van der Waals surface area contributed by atoms with E-state index in [1.54, 1.807) is 6.07 Å². The third-order valence-corrected chi connectivity index (χ3v) is 3.73. The number of urea groups is 1. The normalized spacial score (nSPS) is 16.4. The molecule has 0 aromatic heterocycles. The second kappa shape index (κ2) is 9.80. The zero-order valence-corrected chi connectivity index (χ0v) is 14.2. The molecule has 0 bridgehead atoms. The molecule has 138 valence electrons. The van der Waals surface area contributed by atoms with Crippen molar-refractivity contribution >= 4 is 17.4 Å². The van der Waals surface area contributed by atoms with E-state index in [1.807, 2.05) is 0 Å². The van der Waals surface area contributed by atoms with Crippen LogP contribution in [0.1, 0.15) is 19.3 Å². The Kier molecular flexibility index (Phi) is 7.42. The van der Waals surface area contributed by atoms with Gasteiger partial charge in [-0.15, -0.1) is 0 Å². The molecule has 0 aliphatic carbocycles. The monoisotopic (exact) mass is 353 g/mol. The zero-order valence-electron chi connectivity index (χ0n) is 14.2. The van der Waals surface area contributed by atoms with Gasteiger partial charge in [0.1, 0.15) is 11.4 Å². The van der Waals surface area contributed by atoms with E-state index in [0.717, 1.165) is 19.4 Å². The van der Waals surface area contributed by atoms with Crippen molar-refractivity contribution in [3.8, 4) is 5.75 Å². The minimum absolute atomic E-state index is 0.109. The lowest BCUT2D eigenvalue weighted by atomic mass is 10.2. The summed E-state index contributed by atoms with van der Waals surface area (Å²) in [6.07, 6.45) is 2.94. The first kappa shape index (κ1) is 18.9. The molecule has 25 heavy (non-hydrogen) atoms. The van der Waals surface area contributed by atoms with Gasteiger partial charge >= 0.3 is 6.03 Å². The van der Waals surface area contributed by atoms with E-state index in [1.165, 1.54) is 19.2 Å². The van der Waals surface area contributed by atoms with E-state index in [4.69, 9.17) is 14.2 Å². The number of amides is 2. The Labute approximate surface area is 145 Å². The highest BCUT2D eigenvalue weighted by Crippen LogP contribution is 2.28. The summed E-state index contributed by atoms with van der Waals surface area (Å²) in [6.45, 7) is 2.29. The number of ether oxygens (including phenoxy) is 3. The molecule has 1 aliphatic heterocycles. The minimum atomic E-state index is -0.572. The van der Waals surface area contributed by atoms with Crippen LogP contribution < -0.4 is 15.4 Å². The molecule has 1 atom stereocenters. The fraction of sp³-hybridized carbons (Fsp3) is 0.562. The van der Waals surface area contributed by atoms with Gasteiger partial charge in [0.15, 0.2) is 0 Å². The van der Waals surface area contributed by atoms with Crippen LogP contribution in [0.25, 0.3) is 0 Å². The SMILES string of the molecule is COc1ccc(NC(=O)NCCCOC[C@@H]2CCCO2)c([N+](=O)[O-])c1. The summed E-state index contributed by atoms with van der Waals surface area (Å²) in [5.74, 6) is 0.348. The summed E-state index contributed by atoms with van der Waals surface area (Å²) in [7, 11) is 1.42. The smallest absolute Gasteiger partial charge is 0.319 e. The summed E-state index contributed by atoms with van der Waals surface area (Å²) < 4.78 is 15.9. The van der Waals surface area contributed by atoms with Gasteiger partial charge in [-0.25, -0.2) is 4.79 Å². The molecular weight excluding hydrogens is 330 g/mol. The summed E-state index contributed by atoms with van der Waals surface area (Å²) in [4.78, 5) is 22.3. The number of methoxy groups -OCH3 is 1. The van der Waals surface area contributed by atoms with Gasteiger partial charge in [-0.2, -0.15) is 0 Å². The second-order valence-corrected chi connectivity index (χ2v) is 5.58. The number of anilines is 1. The highest BCUT2D eigenvalue weighted by atomic mass is 16.6. The Balaban J connectivity index is 1.68. The first-order valence-corrected chi connectivity index (χ1v) is 8.17. The highest BCUT2D eigenvalue weighted by molar-refractivity contribution is 5.91. The average molecular weight is 353 g/mol. The summed E-state index contributed by atoms with van der Waals surface area (Å²) in [5.41, 5.74) is -0.118. The Morgan fingerprint density at radius 3 is 3.00 bits per heavy atom. The van der Waals surface area contributed by atoms with Crippen molar-refractivity contribution in [1.29, 1.82) is 0 Å². The Hall–Kier alpha value is -2.39. The molecule has 1 aromatic carbocycles. The van der Waals surface area contributed by atoms with Crippen LogP contribution in [0.3, 0.4) is 0 Å². The summed E-state index contributed by atoms with van der Waals surface area (Å²) in [5, 5.41) is 16.2. The van der Waals surface area contributed by atoms with Crippen LogP contribution in [-0.4, -0.2) is 50.5 Å². The van der Waals surface area contributed by atoms with Crippen molar-refractivity contribution in [2.24, 2.45) is 0 Å². The minimum Gasteiger partial charge on any atom is -0.496 e. The highest BCUT2D eigenvalue weighted by Gasteiger charge is 2.17. The Morgan fingerprint density at radius 1 is 1.48 bits per heavy atom. The average Bonchev–Trinajstić information content (AvgIpc) is 3.11. The van der Waals surface area contributed by atoms with E-state index in [2.05, 4.69) is 10.6 Å². The van der Waals surface area contributed by atoms with Crippen molar-refractivity contribution in [3.63, 3.8) is 0 Å². The quantitative estimate of drug-likeness (QED) is 0.400. The number of nitro groups is 1. The predicted molar refractivity (Wildman–Crippen MR) is 91.1 cm³/mol. The summed E-state index contributed by atoms with van der Waals surface area (Å²) in [6, 6.07) is 3.73. The number of nitrogens with one attached hydrogen (secondary N) is 2. The first-order valence-electron chi connectivity index (χ1n) is 8.17. The molecule has 1 saturated heterocycles. The van der Waals surface area contributed by atoms with Crippen LogP contribution in [0, 0.1) is 10.1 Å². The Bertz CT molecular complexity index is 589. The summed E-state index contributed by atoms with van der Waals surface area (Å²) >= 11 is 0. The molecule has 1 heterocycles. The lowest BCUT2D eigenvalue weighted by Gasteiger charge is -2.11. The van der Waals surface area contributed by atoms with Gasteiger partial charge in [0.2, 0.25) is 0 Å². The predicted octanol–water partition coefficient (Wildman–Crippen LogP) is 2.31. The van der Waals surface area contributed by atoms with Crippen molar-refractivity contribution < 1.29 is 23.9 Å². The van der Waals surface area contributed by atoms with Crippen LogP contribution in [0.2, 0.25) is 0 Å². The topological polar surface area (TPSA) is 112 Å². The van der Waals surface area contributed by atoms with E-state index < -0.39 is 11.0 Å². The molecule has 1 aromatic rings. The molecule has 0 unspecified atom stereocenters. The van der Waals surface area contributed by atoms with Gasteiger partial charge in [0.25, 0.3) is 5.69 Å². The lowest BCUT2D eigenvalue weighted by Crippen LogP contribution is -2.30. The maximum Gasteiger partial charge on any atom is 0.319 e. The molecule has 2 rings (SSSR count). The number of carbonyl (C=O) groups excluding carboxylic acids is 1. The van der Waals surface area contributed by atoms with Gasteiger partial charge in [0.05, 0.1) is 30.8 Å². The van der Waals surface area contributed by atoms with Crippen molar-refractivity contribution in [1.82, 2.24) is 5.32 Å². The van der Waals surface area contributed by atoms with Crippen LogP contribution in [0.4, 0.5) is 16.2 Å². The molecule has 9 nitrogen and oxygen atoms in total. The number of hydrogen-bond acceptors (Lipinski definition) is 6. The number of hydrogen-bond donors (Lipinski definition) is 2. The third kappa shape index (κ3) is 6.20. The van der Waals surface area contributed by atoms with E-state index in [-0.39, 0.29) is 17.5 Å². The fourth-order valence-corrected chi connectivity index (χ4v) is 2.43. The van der Waals surface area contributed by atoms with Crippen molar-refractivity contribution in [2.75, 3.05) is 38.8 Å². The third-order valence-electron chi connectivity index (χ3n) is 3.73. The molecule has 0 spiro atoms. The van der Waals surface area contributed by atoms with E-state index in [0.29, 0.717) is 31.9 Å². The second-order valence-electron chi connectivity index (χ2n) is 5.58. The van der Waals surface area contributed by atoms with Crippen LogP contribution in [0.15, 0.2) is 18.2 Å². The first-order chi connectivity index (χ1) is 12.1. The maximum absolute atomic E-state index is 11.8. The number of nitro benzene ring substituents is 1. The van der Waals surface area contributed by atoms with E-state index >= 15 is 0 Å². The largest absolute Gasteiger partial charge is 0.496 e. The Morgan fingerprint density at radius 2 is 2.32 bits per heavy atom. The van der Waals surface area contributed by atoms with Crippen LogP contribution in [0.5, 0.6) is 5.75 Å². The van der Waals surface area contributed by atoms with Gasteiger partial charge in [-0.1, -0.05) is 0 Å². The fourth-order valence-electron chi connectivity index (χ4n) is 2.43. The lowest BCUT2D eigenvalue weighted by molar-refractivity contribution is -0.384. The van der Waals surface area contributed by atoms with Crippen LogP contribution in [-0.2, 0) is 9.47 Å². The number of benzene rings is 1. The van der Waals surface area contributed by atoms with Gasteiger partial charge < -0.3 is 24.8 Å². The molecular formula is C16H23N3O6. The van der Waals surface area contributed by atoms with E-state index in [9.17, 15) is 14.9 Å². The standard InChI is InChI=1S/C16H23N3O6/c1-23-12-5-6-14(15(10-12)19(21)22)18-16(20)17-7-3-8-24-11-13-4-2-9-25-13/h5-6,10,13H,2-4,7-9,11H2,1H3,(H2,17,18,20)/t13-/m0/s1. The van der Waals surface area contributed by atoms with Crippen LogP contribution >= 0.6 is 0 Å². The molecule has 0 radical (unpaired) electrons. The van der Waals surface area contributed by atoms with Gasteiger partial charge in [-0.3, -0.25) is 10.1 Å². The number of nitrogens with zero attached hydrogens (tertiary/aromatic N) is 1. The van der Waals surface area contributed by atoms with Gasteiger partial charge in [0, 0.05) is 19.8 Å². The molecule has 9 heteroatoms. The van der Waals surface area contributed by atoms with Crippen molar-refractivity contribution in [3.05, 3.63) is 28.3 Å². The number of carbonyl (C=O) groups is 1. The molecule has 1 aliphatic rings. The molecule has 0 saturated carbocycles. The maximum atomic E-state index is 11.8.